The second kappa shape index (κ2) is 7.87. The zero-order chi connectivity index (χ0) is 20.4. The molecule has 7 heteroatoms. The lowest BCUT2D eigenvalue weighted by atomic mass is 9.62. The van der Waals surface area contributed by atoms with Crippen molar-refractivity contribution in [3.05, 3.63) is 76.7 Å². The van der Waals surface area contributed by atoms with Gasteiger partial charge in [0.15, 0.2) is 5.82 Å². The Kier molecular flexibility index (Phi) is 5.28. The van der Waals surface area contributed by atoms with E-state index in [1.807, 2.05) is 42.5 Å². The molecule has 2 aromatic carbocycles. The maximum absolute atomic E-state index is 14.0. The number of carboxylic acid groups (broad SMARTS) is 1. The van der Waals surface area contributed by atoms with E-state index in [0.717, 1.165) is 11.1 Å². The van der Waals surface area contributed by atoms with Crippen LogP contribution in [0, 0.1) is 0 Å². The molecule has 4 rings (SSSR count). The Morgan fingerprint density at radius 1 is 1.10 bits per heavy atom. The summed E-state index contributed by atoms with van der Waals surface area (Å²) in [6.07, 6.45) is -0.264. The number of carboxylic acids is 1. The predicted molar refractivity (Wildman–Crippen MR) is 108 cm³/mol. The SMILES string of the molecule is O=C(O)CCc1nc([C@]2(c3ccc(Cl)cc3)C[C@@H](F)C2)nnc1-c1ccccc1. The van der Waals surface area contributed by atoms with Crippen molar-refractivity contribution in [2.45, 2.75) is 37.3 Å². The van der Waals surface area contributed by atoms with E-state index in [1.165, 1.54) is 0 Å². The number of hydrogen-bond donors (Lipinski definition) is 1. The van der Waals surface area contributed by atoms with Crippen LogP contribution in [0.2, 0.25) is 5.02 Å². The van der Waals surface area contributed by atoms with Crippen LogP contribution >= 0.6 is 11.6 Å². The molecular formula is C22H19ClFN3O2. The fourth-order valence-electron chi connectivity index (χ4n) is 3.79. The molecule has 1 aliphatic carbocycles. The molecule has 3 aromatic rings. The first-order valence-electron chi connectivity index (χ1n) is 9.39. The monoisotopic (exact) mass is 411 g/mol. The first-order chi connectivity index (χ1) is 14.0. The molecule has 0 atom stereocenters. The molecule has 0 spiro atoms. The highest BCUT2D eigenvalue weighted by atomic mass is 35.5. The second-order valence-electron chi connectivity index (χ2n) is 7.29. The first kappa shape index (κ1) is 19.5. The Bertz CT molecular complexity index is 1020. The minimum absolute atomic E-state index is 0.0718. The van der Waals surface area contributed by atoms with Gasteiger partial charge < -0.3 is 5.11 Å². The predicted octanol–water partition coefficient (Wildman–Crippen LogP) is 4.63. The van der Waals surface area contributed by atoms with Crippen molar-refractivity contribution in [1.82, 2.24) is 15.2 Å². The van der Waals surface area contributed by atoms with Crippen molar-refractivity contribution in [2.75, 3.05) is 0 Å². The van der Waals surface area contributed by atoms with E-state index in [-0.39, 0.29) is 25.7 Å². The van der Waals surface area contributed by atoms with Crippen molar-refractivity contribution in [2.24, 2.45) is 0 Å². The van der Waals surface area contributed by atoms with Crippen LogP contribution in [0.1, 0.15) is 36.3 Å². The molecule has 1 saturated carbocycles. The van der Waals surface area contributed by atoms with Crippen LogP contribution in [0.4, 0.5) is 4.39 Å². The number of alkyl halides is 1. The molecule has 0 saturated heterocycles. The number of aliphatic carboxylic acids is 1. The van der Waals surface area contributed by atoms with E-state index in [2.05, 4.69) is 10.2 Å². The molecular weight excluding hydrogens is 393 g/mol. The van der Waals surface area contributed by atoms with E-state index in [4.69, 9.17) is 21.7 Å². The third kappa shape index (κ3) is 3.85. The van der Waals surface area contributed by atoms with Crippen molar-refractivity contribution in [3.63, 3.8) is 0 Å². The molecule has 1 aliphatic rings. The lowest BCUT2D eigenvalue weighted by Crippen LogP contribution is -2.45. The van der Waals surface area contributed by atoms with Gasteiger partial charge in [-0.1, -0.05) is 54.1 Å². The van der Waals surface area contributed by atoms with Gasteiger partial charge in [0.25, 0.3) is 0 Å². The first-order valence-corrected chi connectivity index (χ1v) is 9.77. The highest BCUT2D eigenvalue weighted by Crippen LogP contribution is 2.49. The fraction of sp³-hybridized carbons (Fsp3) is 0.273. The quantitative estimate of drug-likeness (QED) is 0.640. The summed E-state index contributed by atoms with van der Waals surface area (Å²) in [5.74, 6) is -0.488. The van der Waals surface area contributed by atoms with Gasteiger partial charge in [-0.15, -0.1) is 10.2 Å². The zero-order valence-corrected chi connectivity index (χ0v) is 16.3. The average molecular weight is 412 g/mol. The molecule has 0 aliphatic heterocycles. The number of carbonyl (C=O) groups is 1. The molecule has 1 N–H and O–H groups in total. The molecule has 0 unspecified atom stereocenters. The summed E-state index contributed by atoms with van der Waals surface area (Å²) in [5, 5.41) is 18.5. The number of rotatable bonds is 6. The summed E-state index contributed by atoms with van der Waals surface area (Å²) < 4.78 is 14.0. The van der Waals surface area contributed by atoms with Crippen LogP contribution in [0.5, 0.6) is 0 Å². The summed E-state index contributed by atoms with van der Waals surface area (Å²) in [5.41, 5.74) is 2.13. The van der Waals surface area contributed by atoms with E-state index in [0.29, 0.717) is 22.2 Å². The molecule has 0 bridgehead atoms. The Hall–Kier alpha value is -2.86. The summed E-state index contributed by atoms with van der Waals surface area (Å²) in [4.78, 5) is 15.9. The van der Waals surface area contributed by atoms with E-state index >= 15 is 0 Å². The van der Waals surface area contributed by atoms with Gasteiger partial charge in [0, 0.05) is 17.0 Å². The van der Waals surface area contributed by atoms with Crippen LogP contribution in [0.15, 0.2) is 54.6 Å². The number of nitrogens with zero attached hydrogens (tertiary/aromatic N) is 3. The van der Waals surface area contributed by atoms with Gasteiger partial charge in [0.05, 0.1) is 17.5 Å². The fourth-order valence-corrected chi connectivity index (χ4v) is 3.92. The third-order valence-corrected chi connectivity index (χ3v) is 5.60. The Morgan fingerprint density at radius 3 is 2.41 bits per heavy atom. The smallest absolute Gasteiger partial charge is 0.303 e. The Labute approximate surface area is 172 Å². The number of aromatic nitrogens is 3. The normalized spacial score (nSPS) is 20.8. The number of halogens is 2. The average Bonchev–Trinajstić information content (AvgIpc) is 2.71. The van der Waals surface area contributed by atoms with Crippen LogP contribution in [-0.4, -0.2) is 32.4 Å². The lowest BCUT2D eigenvalue weighted by molar-refractivity contribution is -0.136. The molecule has 0 amide bonds. The third-order valence-electron chi connectivity index (χ3n) is 5.35. The molecule has 5 nitrogen and oxygen atoms in total. The van der Waals surface area contributed by atoms with Crippen LogP contribution in [-0.2, 0) is 16.6 Å². The Balaban J connectivity index is 1.79. The summed E-state index contributed by atoms with van der Waals surface area (Å²) >= 11 is 6.01. The van der Waals surface area contributed by atoms with E-state index in [9.17, 15) is 9.18 Å². The number of hydrogen-bond acceptors (Lipinski definition) is 4. The molecule has 1 aromatic heterocycles. The van der Waals surface area contributed by atoms with Gasteiger partial charge in [-0.05, 0) is 30.5 Å². The van der Waals surface area contributed by atoms with Gasteiger partial charge in [-0.3, -0.25) is 4.79 Å². The van der Waals surface area contributed by atoms with Crippen LogP contribution < -0.4 is 0 Å². The maximum atomic E-state index is 14.0. The van der Waals surface area contributed by atoms with Crippen molar-refractivity contribution < 1.29 is 14.3 Å². The second-order valence-corrected chi connectivity index (χ2v) is 7.72. The highest BCUT2D eigenvalue weighted by molar-refractivity contribution is 6.30. The lowest BCUT2D eigenvalue weighted by Gasteiger charge is -2.43. The highest BCUT2D eigenvalue weighted by Gasteiger charge is 2.50. The van der Waals surface area contributed by atoms with Crippen LogP contribution in [0.3, 0.4) is 0 Å². The van der Waals surface area contributed by atoms with Crippen molar-refractivity contribution in [3.8, 4) is 11.3 Å². The zero-order valence-electron chi connectivity index (χ0n) is 15.6. The van der Waals surface area contributed by atoms with Gasteiger partial charge >= 0.3 is 5.97 Å². The maximum Gasteiger partial charge on any atom is 0.303 e. The summed E-state index contributed by atoms with van der Waals surface area (Å²) in [6, 6.07) is 16.7. The number of benzene rings is 2. The Morgan fingerprint density at radius 2 is 1.79 bits per heavy atom. The van der Waals surface area contributed by atoms with Gasteiger partial charge in [0.2, 0.25) is 0 Å². The van der Waals surface area contributed by atoms with Crippen molar-refractivity contribution in [1.29, 1.82) is 0 Å². The standard InChI is InChI=1S/C22H19ClFN3O2/c23-16-8-6-15(7-9-16)22(12-17(24)13-22)21-25-18(10-11-19(28)29)20(26-27-21)14-4-2-1-3-5-14/h1-9,17H,10-13H2,(H,28,29)/t17-,22-. The summed E-state index contributed by atoms with van der Waals surface area (Å²) in [6.45, 7) is 0. The van der Waals surface area contributed by atoms with E-state index in [1.54, 1.807) is 12.1 Å². The van der Waals surface area contributed by atoms with Gasteiger partial charge in [-0.25, -0.2) is 9.37 Å². The van der Waals surface area contributed by atoms with Crippen molar-refractivity contribution >= 4 is 17.6 Å². The number of aryl methyl sites for hydroxylation is 1. The minimum atomic E-state index is -0.939. The molecule has 148 valence electrons. The van der Waals surface area contributed by atoms with Gasteiger partial charge in [0.1, 0.15) is 11.9 Å². The largest absolute Gasteiger partial charge is 0.481 e. The molecule has 29 heavy (non-hydrogen) atoms. The summed E-state index contributed by atoms with van der Waals surface area (Å²) in [7, 11) is 0. The van der Waals surface area contributed by atoms with Crippen LogP contribution in [0.25, 0.3) is 11.3 Å². The van der Waals surface area contributed by atoms with Gasteiger partial charge in [-0.2, -0.15) is 0 Å². The molecule has 1 heterocycles. The molecule has 0 radical (unpaired) electrons. The minimum Gasteiger partial charge on any atom is -0.481 e. The topological polar surface area (TPSA) is 76.0 Å². The van der Waals surface area contributed by atoms with E-state index < -0.39 is 17.6 Å². The molecule has 1 fully saturated rings.